The molecule has 0 spiro atoms. The molecule has 1 aromatic heterocycles. The molecule has 0 aliphatic carbocycles. The van der Waals surface area contributed by atoms with Crippen LogP contribution in [-0.4, -0.2) is 15.4 Å². The fourth-order valence-corrected chi connectivity index (χ4v) is 1.13. The van der Waals surface area contributed by atoms with Crippen molar-refractivity contribution >= 4 is 5.57 Å². The van der Waals surface area contributed by atoms with Crippen LogP contribution < -0.4 is 0 Å². The Morgan fingerprint density at radius 2 is 2.00 bits per heavy atom. The summed E-state index contributed by atoms with van der Waals surface area (Å²) in [7, 11) is 0. The Bertz CT molecular complexity index is 389. The zero-order valence-corrected chi connectivity index (χ0v) is 7.07. The molecule has 1 aromatic carbocycles. The fraction of sp³-hybridized carbons (Fsp3) is 0. The summed E-state index contributed by atoms with van der Waals surface area (Å²) in [6, 6.07) is 9.91. The van der Waals surface area contributed by atoms with Gasteiger partial charge in [-0.3, -0.25) is 0 Å². The summed E-state index contributed by atoms with van der Waals surface area (Å²) >= 11 is 0. The third-order valence-electron chi connectivity index (χ3n) is 1.85. The molecular formula is C10H9N3. The summed E-state index contributed by atoms with van der Waals surface area (Å²) in [5.41, 5.74) is 2.73. The highest BCUT2D eigenvalue weighted by Gasteiger charge is 2.02. The number of rotatable bonds is 2. The number of nitrogens with zero attached hydrogens (tertiary/aromatic N) is 2. The van der Waals surface area contributed by atoms with Crippen LogP contribution in [0.5, 0.6) is 0 Å². The van der Waals surface area contributed by atoms with Gasteiger partial charge in [0.25, 0.3) is 0 Å². The highest BCUT2D eigenvalue weighted by atomic mass is 15.3. The van der Waals surface area contributed by atoms with E-state index in [1.54, 1.807) is 6.20 Å². The van der Waals surface area contributed by atoms with E-state index in [0.29, 0.717) is 0 Å². The minimum absolute atomic E-state index is 0.784. The van der Waals surface area contributed by atoms with Crippen LogP contribution in [0.15, 0.2) is 43.1 Å². The molecule has 0 aliphatic rings. The summed E-state index contributed by atoms with van der Waals surface area (Å²) in [5.74, 6) is 0. The lowest BCUT2D eigenvalue weighted by Gasteiger charge is -1.99. The lowest BCUT2D eigenvalue weighted by atomic mass is 10.1. The van der Waals surface area contributed by atoms with E-state index in [2.05, 4.69) is 22.0 Å². The minimum atomic E-state index is 0.784. The first-order chi connectivity index (χ1) is 6.38. The summed E-state index contributed by atoms with van der Waals surface area (Å²) in [6.45, 7) is 3.94. The van der Waals surface area contributed by atoms with Crippen LogP contribution in [0.3, 0.4) is 0 Å². The maximum absolute atomic E-state index is 3.96. The molecule has 0 fully saturated rings. The van der Waals surface area contributed by atoms with Gasteiger partial charge in [0, 0.05) is 5.57 Å². The Kier molecular flexibility index (Phi) is 1.92. The number of hydrogen-bond acceptors (Lipinski definition) is 2. The second-order valence-corrected chi connectivity index (χ2v) is 2.70. The first-order valence-electron chi connectivity index (χ1n) is 3.98. The zero-order valence-electron chi connectivity index (χ0n) is 7.07. The van der Waals surface area contributed by atoms with Gasteiger partial charge in [-0.2, -0.15) is 15.4 Å². The minimum Gasteiger partial charge on any atom is -0.197 e. The molecule has 0 saturated heterocycles. The Balaban J connectivity index is 2.34. The van der Waals surface area contributed by atoms with E-state index in [1.165, 1.54) is 0 Å². The topological polar surface area (TPSA) is 41.6 Å². The van der Waals surface area contributed by atoms with E-state index in [0.717, 1.165) is 16.8 Å². The van der Waals surface area contributed by atoms with E-state index in [9.17, 15) is 0 Å². The second-order valence-electron chi connectivity index (χ2n) is 2.70. The van der Waals surface area contributed by atoms with Crippen LogP contribution >= 0.6 is 0 Å². The van der Waals surface area contributed by atoms with Crippen molar-refractivity contribution in [1.29, 1.82) is 0 Å². The van der Waals surface area contributed by atoms with E-state index in [-0.39, 0.29) is 0 Å². The van der Waals surface area contributed by atoms with Crippen molar-refractivity contribution in [2.75, 3.05) is 0 Å². The van der Waals surface area contributed by atoms with Crippen molar-refractivity contribution in [2.45, 2.75) is 0 Å². The number of nitrogens with one attached hydrogen (secondary N) is 1. The molecule has 0 amide bonds. The van der Waals surface area contributed by atoms with Crippen molar-refractivity contribution in [2.24, 2.45) is 0 Å². The number of hydrogen-bond donors (Lipinski definition) is 1. The van der Waals surface area contributed by atoms with Gasteiger partial charge in [0.05, 0.1) is 6.20 Å². The molecule has 1 heterocycles. The Morgan fingerprint density at radius 1 is 1.23 bits per heavy atom. The zero-order chi connectivity index (χ0) is 9.10. The molecule has 13 heavy (non-hydrogen) atoms. The molecule has 0 aliphatic heterocycles. The third kappa shape index (κ3) is 1.49. The number of aromatic amines is 1. The van der Waals surface area contributed by atoms with Gasteiger partial charge >= 0.3 is 0 Å². The molecular weight excluding hydrogens is 162 g/mol. The van der Waals surface area contributed by atoms with E-state index >= 15 is 0 Å². The number of aromatic nitrogens is 3. The lowest BCUT2D eigenvalue weighted by Crippen LogP contribution is -1.85. The van der Waals surface area contributed by atoms with Gasteiger partial charge in [-0.05, 0) is 5.56 Å². The molecule has 0 bridgehead atoms. The predicted octanol–water partition coefficient (Wildman–Crippen LogP) is 1.87. The van der Waals surface area contributed by atoms with Gasteiger partial charge in [-0.25, -0.2) is 0 Å². The monoisotopic (exact) mass is 171 g/mol. The number of benzene rings is 1. The third-order valence-corrected chi connectivity index (χ3v) is 1.85. The largest absolute Gasteiger partial charge is 0.197 e. The predicted molar refractivity (Wildman–Crippen MR) is 51.0 cm³/mol. The molecule has 0 unspecified atom stereocenters. The molecule has 1 N–H and O–H groups in total. The molecule has 64 valence electrons. The molecule has 0 radical (unpaired) electrons. The average molecular weight is 171 g/mol. The van der Waals surface area contributed by atoms with Crippen molar-refractivity contribution in [3.05, 3.63) is 54.4 Å². The summed E-state index contributed by atoms with van der Waals surface area (Å²) < 4.78 is 0. The van der Waals surface area contributed by atoms with E-state index < -0.39 is 0 Å². The quantitative estimate of drug-likeness (QED) is 0.749. The van der Waals surface area contributed by atoms with Gasteiger partial charge in [0.2, 0.25) is 0 Å². The standard InChI is InChI=1S/C10H9N3/c1-8(10-7-11-13-12-10)9-5-3-2-4-6-9/h2-7H,1H2,(H,11,12,13). The average Bonchev–Trinajstić information content (AvgIpc) is 2.71. The Labute approximate surface area is 76.1 Å². The van der Waals surface area contributed by atoms with Crippen LogP contribution in [-0.2, 0) is 0 Å². The van der Waals surface area contributed by atoms with Gasteiger partial charge in [0.1, 0.15) is 5.69 Å². The van der Waals surface area contributed by atoms with Crippen LogP contribution in [0.1, 0.15) is 11.3 Å². The van der Waals surface area contributed by atoms with Crippen molar-refractivity contribution in [1.82, 2.24) is 15.4 Å². The molecule has 0 saturated carbocycles. The molecule has 2 rings (SSSR count). The van der Waals surface area contributed by atoms with Crippen molar-refractivity contribution < 1.29 is 0 Å². The van der Waals surface area contributed by atoms with Crippen LogP contribution in [0, 0.1) is 0 Å². The van der Waals surface area contributed by atoms with Gasteiger partial charge in [-0.15, -0.1) is 0 Å². The van der Waals surface area contributed by atoms with Gasteiger partial charge < -0.3 is 0 Å². The van der Waals surface area contributed by atoms with E-state index in [4.69, 9.17) is 0 Å². The van der Waals surface area contributed by atoms with Crippen LogP contribution in [0.25, 0.3) is 5.57 Å². The smallest absolute Gasteiger partial charge is 0.112 e. The Morgan fingerprint density at radius 3 is 2.62 bits per heavy atom. The first-order valence-corrected chi connectivity index (χ1v) is 3.98. The Hall–Kier alpha value is -1.90. The normalized spacial score (nSPS) is 9.85. The van der Waals surface area contributed by atoms with Crippen LogP contribution in [0.2, 0.25) is 0 Å². The fourth-order valence-electron chi connectivity index (χ4n) is 1.13. The summed E-state index contributed by atoms with van der Waals surface area (Å²) in [4.78, 5) is 0. The number of H-pyrrole nitrogens is 1. The second kappa shape index (κ2) is 3.23. The highest BCUT2D eigenvalue weighted by Crippen LogP contribution is 2.17. The molecule has 0 atom stereocenters. The van der Waals surface area contributed by atoms with Crippen molar-refractivity contribution in [3.8, 4) is 0 Å². The molecule has 3 nitrogen and oxygen atoms in total. The first kappa shape index (κ1) is 7.73. The maximum Gasteiger partial charge on any atom is 0.112 e. The SMILES string of the molecule is C=C(c1ccccc1)c1cn[nH]n1. The van der Waals surface area contributed by atoms with E-state index in [1.807, 2.05) is 30.3 Å². The molecule has 3 heteroatoms. The molecule has 2 aromatic rings. The summed E-state index contributed by atoms with van der Waals surface area (Å²) in [5, 5.41) is 10.2. The van der Waals surface area contributed by atoms with Crippen LogP contribution in [0.4, 0.5) is 0 Å². The van der Waals surface area contributed by atoms with Gasteiger partial charge in [0.15, 0.2) is 0 Å². The van der Waals surface area contributed by atoms with Crippen molar-refractivity contribution in [3.63, 3.8) is 0 Å². The lowest BCUT2D eigenvalue weighted by molar-refractivity contribution is 0.936. The van der Waals surface area contributed by atoms with Gasteiger partial charge in [-0.1, -0.05) is 36.9 Å². The maximum atomic E-state index is 3.96. The highest BCUT2D eigenvalue weighted by molar-refractivity contribution is 5.75. The summed E-state index contributed by atoms with van der Waals surface area (Å²) in [6.07, 6.45) is 1.66.